The van der Waals surface area contributed by atoms with Gasteiger partial charge in [0.05, 0.1) is 42.6 Å². The summed E-state index contributed by atoms with van der Waals surface area (Å²) in [7, 11) is 30.8. The van der Waals surface area contributed by atoms with E-state index in [1.165, 1.54) is 27.4 Å². The van der Waals surface area contributed by atoms with E-state index in [9.17, 15) is 4.79 Å². The van der Waals surface area contributed by atoms with Gasteiger partial charge in [-0.25, -0.2) is 4.68 Å². The number of carbonyl (C=O) groups excluding carboxylic acids is 1. The summed E-state index contributed by atoms with van der Waals surface area (Å²) in [6, 6.07) is 5.84. The minimum absolute atomic E-state index is 0.00731. The second-order valence-corrected chi connectivity index (χ2v) is 16.0. The molecule has 41 heavy (non-hydrogen) atoms. The molecule has 3 aromatic rings. The van der Waals surface area contributed by atoms with E-state index in [1.54, 1.807) is 0 Å². The molecule has 18 heteroatoms. The first-order valence-corrected chi connectivity index (χ1v) is 15.1. The van der Waals surface area contributed by atoms with Crippen LogP contribution >= 0.6 is 0 Å². The van der Waals surface area contributed by atoms with E-state index < -0.39 is 0 Å². The average Bonchev–Trinajstić information content (AvgIpc) is 3.23. The molecule has 1 unspecified atom stereocenters. The first kappa shape index (κ1) is 32.1. The fraction of sp³-hybridized carbons (Fsp3) is 0.391. The Labute approximate surface area is 259 Å². The van der Waals surface area contributed by atoms with Crippen molar-refractivity contribution in [2.75, 3.05) is 0 Å². The quantitative estimate of drug-likeness (QED) is 0.331. The molecule has 4 rings (SSSR count). The Bertz CT molecular complexity index is 1550. The topological polar surface area (TPSA) is 59.0 Å². The number of nitrogens with one attached hydrogen (secondary N) is 2. The fourth-order valence-corrected chi connectivity index (χ4v) is 8.01. The van der Waals surface area contributed by atoms with Gasteiger partial charge >= 0.3 is 0 Å². The Morgan fingerprint density at radius 2 is 1.37 bits per heavy atom. The third kappa shape index (κ3) is 4.52. The maximum Gasteiger partial charge on any atom is 0.253 e. The summed E-state index contributed by atoms with van der Waals surface area (Å²) < 4.78 is 2.00. The van der Waals surface area contributed by atoms with Crippen LogP contribution in [0, 0.1) is 0 Å². The molecule has 0 radical (unpaired) electrons. The smallest absolute Gasteiger partial charge is 0.253 e. The molecule has 1 amide bonds. The number of carbonyl (C=O) groups is 1. The van der Waals surface area contributed by atoms with Crippen LogP contribution in [0.1, 0.15) is 36.7 Å². The summed E-state index contributed by atoms with van der Waals surface area (Å²) >= 11 is 0. The van der Waals surface area contributed by atoms with Crippen molar-refractivity contribution in [3.05, 3.63) is 35.5 Å². The van der Waals surface area contributed by atoms with Crippen LogP contribution in [0.5, 0.6) is 0 Å². The van der Waals surface area contributed by atoms with Crippen LogP contribution in [0.3, 0.4) is 0 Å². The van der Waals surface area contributed by atoms with E-state index in [2.05, 4.69) is 119 Å². The molecule has 5 nitrogen and oxygen atoms in total. The van der Waals surface area contributed by atoms with Crippen molar-refractivity contribution in [3.8, 4) is 5.69 Å². The summed E-state index contributed by atoms with van der Waals surface area (Å²) in [4.78, 5) is 13.2. The molecule has 1 atom stereocenters. The van der Waals surface area contributed by atoms with Crippen molar-refractivity contribution in [2.24, 2.45) is 0 Å². The van der Waals surface area contributed by atoms with Gasteiger partial charge in [-0.1, -0.05) is 55.3 Å². The summed E-state index contributed by atoms with van der Waals surface area (Å²) in [6.07, 6.45) is 2.07. The Morgan fingerprint density at radius 3 is 1.88 bits per heavy atom. The molecule has 0 spiro atoms. The number of hydrogen-bond acceptors (Lipinski definition) is 3. The molecule has 2 aromatic carbocycles. The minimum atomic E-state index is -0.325. The highest BCUT2D eigenvalue weighted by Crippen LogP contribution is 2.63. The van der Waals surface area contributed by atoms with Gasteiger partial charge in [0.25, 0.3) is 5.91 Å². The first-order chi connectivity index (χ1) is 18.4. The zero-order chi connectivity index (χ0) is 31.3. The van der Waals surface area contributed by atoms with Crippen LogP contribution in [-0.4, -0.2) is 134 Å². The summed E-state index contributed by atoms with van der Waals surface area (Å²) in [6.45, 7) is 5.99. The normalized spacial score (nSPS) is 22.7. The van der Waals surface area contributed by atoms with Crippen molar-refractivity contribution in [3.63, 3.8) is 0 Å². The Morgan fingerprint density at radius 1 is 0.829 bits per heavy atom. The van der Waals surface area contributed by atoms with Gasteiger partial charge in [-0.05, 0) is 37.5 Å². The lowest BCUT2D eigenvalue weighted by atomic mass is 9.08. The van der Waals surface area contributed by atoms with Crippen LogP contribution in [0.2, 0.25) is 10.4 Å². The van der Waals surface area contributed by atoms with Gasteiger partial charge in [0.1, 0.15) is 76.1 Å². The largest absolute Gasteiger partial charge is 0.347 e. The molecular formula is C23H41B13N4O. The van der Waals surface area contributed by atoms with Crippen LogP contribution < -0.4 is 32.5 Å². The first-order valence-electron chi connectivity index (χ1n) is 15.1. The van der Waals surface area contributed by atoms with Crippen molar-refractivity contribution in [2.45, 2.75) is 52.7 Å². The number of rotatable bonds is 3. The van der Waals surface area contributed by atoms with E-state index in [1.807, 2.05) is 43.7 Å². The molecule has 0 saturated carbocycles. The number of benzene rings is 2. The van der Waals surface area contributed by atoms with E-state index in [4.69, 9.17) is 5.10 Å². The van der Waals surface area contributed by atoms with Crippen LogP contribution in [0.4, 0.5) is 0 Å². The molecule has 1 saturated heterocycles. The van der Waals surface area contributed by atoms with E-state index in [0.717, 1.165) is 16.6 Å². The van der Waals surface area contributed by atoms with Gasteiger partial charge in [0.2, 0.25) is 0 Å². The molecule has 1 aliphatic rings. The third-order valence-corrected chi connectivity index (χ3v) is 11.8. The number of fused-ring (bicyclic) bond motifs is 1. The van der Waals surface area contributed by atoms with E-state index in [0.29, 0.717) is 5.56 Å². The molecule has 0 bridgehead atoms. The third-order valence-electron chi connectivity index (χ3n) is 11.8. The second-order valence-electron chi connectivity index (χ2n) is 16.0. The monoisotopic (exact) mass is 532 g/mol. The minimum Gasteiger partial charge on any atom is -0.347 e. The number of amides is 1. The highest BCUT2D eigenvalue weighted by molar-refractivity contribution is 6.67. The lowest BCUT2D eigenvalue weighted by Crippen LogP contribution is -2.84. The Balaban J connectivity index is 1.97. The molecule has 2 N–H and O–H groups in total. The van der Waals surface area contributed by atoms with Crippen molar-refractivity contribution < 1.29 is 4.79 Å². The van der Waals surface area contributed by atoms with Crippen LogP contribution in [0.15, 0.2) is 24.4 Å². The molecular weight excluding hydrogens is 489 g/mol. The Kier molecular flexibility index (Phi) is 7.51. The average molecular weight is 530 g/mol. The van der Waals surface area contributed by atoms with Crippen LogP contribution in [0.25, 0.3) is 16.6 Å². The predicted molar refractivity (Wildman–Crippen MR) is 214 cm³/mol. The number of piperidine rings is 1. The van der Waals surface area contributed by atoms with E-state index >= 15 is 0 Å². The Hall–Kier alpha value is -1.82. The highest BCUT2D eigenvalue weighted by Gasteiger charge is 2.65. The molecule has 1 aromatic heterocycles. The molecule has 1 fully saturated rings. The van der Waals surface area contributed by atoms with Gasteiger partial charge in [-0.15, -0.1) is 0 Å². The number of nitrogens with zero attached hydrogens (tertiary/aromatic N) is 2. The molecule has 1 aliphatic heterocycles. The predicted octanol–water partition coefficient (Wildman–Crippen LogP) is -12.4. The van der Waals surface area contributed by atoms with Gasteiger partial charge in [0.15, 0.2) is 0 Å². The number of hydrogen-bond donors (Lipinski definition) is 2. The van der Waals surface area contributed by atoms with Crippen molar-refractivity contribution in [1.82, 2.24) is 20.4 Å². The van der Waals surface area contributed by atoms with Crippen molar-refractivity contribution >= 4 is 141 Å². The van der Waals surface area contributed by atoms with Crippen LogP contribution in [-0.2, 0) is 5.31 Å². The van der Waals surface area contributed by atoms with Gasteiger partial charge in [0, 0.05) is 17.1 Å². The SMILES string of the molecule is Bc1c(B)c(C2(B)C(B)(B)NC(B)(B)C(B)(B)C2(B)B)c(B)c(B)c1-n1cc2cccc(C(=O)NC(C)(C)C)c2n1. The molecule has 2 heterocycles. The molecule has 0 aliphatic carbocycles. The zero-order valence-electron chi connectivity index (χ0n) is 28.6. The molecule has 198 valence electrons. The van der Waals surface area contributed by atoms with E-state index in [-0.39, 0.29) is 37.9 Å². The lowest BCUT2D eigenvalue weighted by Gasteiger charge is -2.74. The summed E-state index contributed by atoms with van der Waals surface area (Å²) in [5.74, 6) is -0.0998. The van der Waals surface area contributed by atoms with Gasteiger partial charge in [-0.2, -0.15) is 5.10 Å². The van der Waals surface area contributed by atoms with Crippen molar-refractivity contribution in [1.29, 1.82) is 0 Å². The lowest BCUT2D eigenvalue weighted by molar-refractivity contribution is 0.0921. The standard InChI is InChI=1S/C23H41B13N4O/c1-18(2,3)37-17(41)9-6-4-5-8-7-40(38-15(8)9)16-13(26)11(24)10(12(25)14(16)27)19(28)20(29,30)21(31,32)23(35,36)39-22(19,33)34/h4-7,39H,24-36H2,1-3H3,(H,37,41). The summed E-state index contributed by atoms with van der Waals surface area (Å²) in [5, 5.41) is 12.8. The number of aromatic nitrogens is 2. The summed E-state index contributed by atoms with van der Waals surface area (Å²) in [5.41, 5.74) is 8.62. The second kappa shape index (κ2) is 9.59. The maximum absolute atomic E-state index is 13.2. The van der Waals surface area contributed by atoms with Gasteiger partial charge in [-0.3, -0.25) is 4.79 Å². The highest BCUT2D eigenvalue weighted by atomic mass is 16.1. The van der Waals surface area contributed by atoms with Gasteiger partial charge < -0.3 is 10.6 Å². The zero-order valence-corrected chi connectivity index (χ0v) is 28.6. The maximum atomic E-state index is 13.2. The fourth-order valence-electron chi connectivity index (χ4n) is 8.01.